The maximum atomic E-state index is 14.4. The minimum Gasteiger partial charge on any atom is -0.479 e. The van der Waals surface area contributed by atoms with Crippen LogP contribution < -0.4 is 5.32 Å². The number of carboxylic acid groups (broad SMARTS) is 1. The zero-order chi connectivity index (χ0) is 20.3. The third-order valence-corrected chi connectivity index (χ3v) is 7.65. The van der Waals surface area contributed by atoms with Crippen LogP contribution >= 0.6 is 0 Å². The Morgan fingerprint density at radius 2 is 1.61 bits per heavy atom. The van der Waals surface area contributed by atoms with Gasteiger partial charge in [-0.1, -0.05) is 13.8 Å². The van der Waals surface area contributed by atoms with Gasteiger partial charge in [-0.2, -0.15) is 0 Å². The number of carboxylic acids is 1. The lowest BCUT2D eigenvalue weighted by atomic mass is 9.49. The van der Waals surface area contributed by atoms with E-state index in [1.165, 1.54) is 24.2 Å². The van der Waals surface area contributed by atoms with Crippen molar-refractivity contribution in [2.24, 2.45) is 29.1 Å². The lowest BCUT2D eigenvalue weighted by Gasteiger charge is -2.56. The fraction of sp³-hybridized carbons (Fsp3) is 0.857. The highest BCUT2D eigenvalue weighted by molar-refractivity contribution is 5.91. The standard InChI is InChI=1S/C21H31FN2O4/c1-12(2)16(17(25)24-4-3-21(22,11-24)19(27)28)23-18(26)20-8-13-5-14(9-20)7-15(6-13)10-20/h12-16H,3-11H2,1-2H3,(H,23,26)(H,27,28). The van der Waals surface area contributed by atoms with Gasteiger partial charge in [-0.25, -0.2) is 9.18 Å². The summed E-state index contributed by atoms with van der Waals surface area (Å²) in [5, 5.41) is 12.1. The van der Waals surface area contributed by atoms with Gasteiger partial charge in [-0.05, 0) is 62.2 Å². The Morgan fingerprint density at radius 1 is 1.07 bits per heavy atom. The monoisotopic (exact) mass is 394 g/mol. The highest BCUT2D eigenvalue weighted by Gasteiger charge is 2.55. The molecule has 4 aliphatic carbocycles. The van der Waals surface area contributed by atoms with Gasteiger partial charge in [0.25, 0.3) is 0 Å². The molecule has 0 aromatic carbocycles. The number of nitrogens with one attached hydrogen (secondary N) is 1. The summed E-state index contributed by atoms with van der Waals surface area (Å²) in [6.45, 7) is 3.34. The molecule has 0 aromatic heterocycles. The molecule has 1 aliphatic heterocycles. The molecule has 4 bridgehead atoms. The Balaban J connectivity index is 1.46. The van der Waals surface area contributed by atoms with E-state index in [2.05, 4.69) is 5.32 Å². The van der Waals surface area contributed by atoms with Crippen molar-refractivity contribution >= 4 is 17.8 Å². The number of hydrogen-bond acceptors (Lipinski definition) is 3. The third kappa shape index (κ3) is 3.20. The minimum absolute atomic E-state index is 0.0254. The molecule has 0 aromatic rings. The molecule has 2 atom stereocenters. The molecule has 7 heteroatoms. The number of nitrogens with zero attached hydrogens (tertiary/aromatic N) is 1. The number of halogens is 1. The van der Waals surface area contributed by atoms with Gasteiger partial charge in [-0.3, -0.25) is 9.59 Å². The average molecular weight is 394 g/mol. The molecule has 2 N–H and O–H groups in total. The Labute approximate surface area is 165 Å². The summed E-state index contributed by atoms with van der Waals surface area (Å²) >= 11 is 0. The Bertz CT molecular complexity index is 659. The molecule has 28 heavy (non-hydrogen) atoms. The Hall–Kier alpha value is -1.66. The van der Waals surface area contributed by atoms with Crippen LogP contribution in [0.4, 0.5) is 4.39 Å². The number of aliphatic carboxylic acids is 1. The van der Waals surface area contributed by atoms with Crippen molar-refractivity contribution in [2.45, 2.75) is 70.5 Å². The van der Waals surface area contributed by atoms with Gasteiger partial charge in [0.05, 0.1) is 6.54 Å². The van der Waals surface area contributed by atoms with E-state index >= 15 is 0 Å². The first-order chi connectivity index (χ1) is 13.1. The van der Waals surface area contributed by atoms with E-state index in [1.54, 1.807) is 0 Å². The van der Waals surface area contributed by atoms with E-state index in [9.17, 15) is 18.8 Å². The van der Waals surface area contributed by atoms with Gasteiger partial charge in [0.15, 0.2) is 0 Å². The predicted octanol–water partition coefficient (Wildman–Crippen LogP) is 2.37. The predicted molar refractivity (Wildman–Crippen MR) is 100 cm³/mol. The first-order valence-corrected chi connectivity index (χ1v) is 10.6. The zero-order valence-corrected chi connectivity index (χ0v) is 16.7. The fourth-order valence-corrected chi connectivity index (χ4v) is 6.53. The quantitative estimate of drug-likeness (QED) is 0.750. The number of carbonyl (C=O) groups excluding carboxylic acids is 2. The molecule has 1 saturated heterocycles. The normalized spacial score (nSPS) is 40.0. The van der Waals surface area contributed by atoms with Gasteiger partial charge in [-0.15, -0.1) is 0 Å². The van der Waals surface area contributed by atoms with E-state index in [0.29, 0.717) is 17.8 Å². The largest absolute Gasteiger partial charge is 0.479 e. The van der Waals surface area contributed by atoms with Crippen molar-refractivity contribution in [3.8, 4) is 0 Å². The molecule has 2 unspecified atom stereocenters. The van der Waals surface area contributed by atoms with Crippen molar-refractivity contribution in [1.29, 1.82) is 0 Å². The van der Waals surface area contributed by atoms with Crippen LogP contribution in [0.3, 0.4) is 0 Å². The summed E-state index contributed by atoms with van der Waals surface area (Å²) in [5.74, 6) is -0.174. The smallest absolute Gasteiger partial charge is 0.343 e. The van der Waals surface area contributed by atoms with Crippen molar-refractivity contribution in [3.05, 3.63) is 0 Å². The highest BCUT2D eigenvalue weighted by Crippen LogP contribution is 2.60. The molecule has 5 fully saturated rings. The number of amides is 2. The van der Waals surface area contributed by atoms with Crippen LogP contribution in [0.5, 0.6) is 0 Å². The van der Waals surface area contributed by atoms with Crippen LogP contribution in [0, 0.1) is 29.1 Å². The molecule has 1 heterocycles. The maximum Gasteiger partial charge on any atom is 0.343 e. The Morgan fingerprint density at radius 3 is 2.04 bits per heavy atom. The number of rotatable bonds is 5. The van der Waals surface area contributed by atoms with Crippen molar-refractivity contribution in [1.82, 2.24) is 10.2 Å². The molecular formula is C21H31FN2O4. The van der Waals surface area contributed by atoms with E-state index in [4.69, 9.17) is 5.11 Å². The summed E-state index contributed by atoms with van der Waals surface area (Å²) < 4.78 is 14.4. The summed E-state index contributed by atoms with van der Waals surface area (Å²) in [4.78, 5) is 38.7. The molecule has 2 amide bonds. The fourth-order valence-electron chi connectivity index (χ4n) is 6.53. The second kappa shape index (κ2) is 6.70. The first-order valence-electron chi connectivity index (χ1n) is 10.6. The molecular weight excluding hydrogens is 363 g/mol. The molecule has 0 spiro atoms. The first kappa shape index (κ1) is 19.6. The van der Waals surface area contributed by atoms with Gasteiger partial charge in [0.2, 0.25) is 17.5 Å². The number of carbonyl (C=O) groups is 3. The second-order valence-electron chi connectivity index (χ2n) is 10.2. The zero-order valence-electron chi connectivity index (χ0n) is 16.7. The van der Waals surface area contributed by atoms with Crippen molar-refractivity contribution in [2.75, 3.05) is 13.1 Å². The second-order valence-corrected chi connectivity index (χ2v) is 10.2. The van der Waals surface area contributed by atoms with Crippen LogP contribution in [0.25, 0.3) is 0 Å². The Kier molecular flexibility index (Phi) is 4.70. The molecule has 5 rings (SSSR count). The molecule has 6 nitrogen and oxygen atoms in total. The maximum absolute atomic E-state index is 14.4. The lowest BCUT2D eigenvalue weighted by Crippen LogP contribution is -2.58. The molecule has 0 radical (unpaired) electrons. The van der Waals surface area contributed by atoms with Crippen molar-refractivity contribution in [3.63, 3.8) is 0 Å². The van der Waals surface area contributed by atoms with E-state index in [0.717, 1.165) is 19.3 Å². The highest BCUT2D eigenvalue weighted by atomic mass is 19.1. The number of hydrogen-bond donors (Lipinski definition) is 2. The lowest BCUT2D eigenvalue weighted by molar-refractivity contribution is -0.152. The summed E-state index contributed by atoms with van der Waals surface area (Å²) in [6.07, 6.45) is 6.25. The van der Waals surface area contributed by atoms with E-state index in [-0.39, 0.29) is 36.1 Å². The van der Waals surface area contributed by atoms with Crippen LogP contribution in [0.1, 0.15) is 58.8 Å². The van der Waals surface area contributed by atoms with Gasteiger partial charge < -0.3 is 15.3 Å². The molecule has 4 saturated carbocycles. The summed E-state index contributed by atoms with van der Waals surface area (Å²) in [5.41, 5.74) is -2.74. The summed E-state index contributed by atoms with van der Waals surface area (Å²) in [6, 6.07) is -0.739. The topological polar surface area (TPSA) is 86.7 Å². The van der Waals surface area contributed by atoms with Crippen LogP contribution in [0.2, 0.25) is 0 Å². The average Bonchev–Trinajstić information content (AvgIpc) is 3.01. The van der Waals surface area contributed by atoms with E-state index in [1.807, 2.05) is 13.8 Å². The third-order valence-electron chi connectivity index (χ3n) is 7.65. The summed E-state index contributed by atoms with van der Waals surface area (Å²) in [7, 11) is 0. The number of alkyl halides is 1. The van der Waals surface area contributed by atoms with Crippen LogP contribution in [-0.2, 0) is 14.4 Å². The number of likely N-dealkylation sites (tertiary alicyclic amines) is 1. The minimum atomic E-state index is -2.39. The van der Waals surface area contributed by atoms with Gasteiger partial charge >= 0.3 is 5.97 Å². The van der Waals surface area contributed by atoms with Crippen molar-refractivity contribution < 1.29 is 23.9 Å². The molecule has 156 valence electrons. The van der Waals surface area contributed by atoms with E-state index < -0.39 is 24.2 Å². The van der Waals surface area contributed by atoms with Gasteiger partial charge in [0, 0.05) is 18.4 Å². The van der Waals surface area contributed by atoms with Crippen LogP contribution in [0.15, 0.2) is 0 Å². The van der Waals surface area contributed by atoms with Crippen LogP contribution in [-0.4, -0.2) is 52.6 Å². The molecule has 5 aliphatic rings. The van der Waals surface area contributed by atoms with Gasteiger partial charge in [0.1, 0.15) is 6.04 Å². The SMILES string of the molecule is CC(C)C(NC(=O)C12CC3CC(CC(C3)C1)C2)C(=O)N1CCC(F)(C(=O)O)C1.